The molecule has 6 atom stereocenters. The van der Waals surface area contributed by atoms with Gasteiger partial charge < -0.3 is 9.47 Å². The highest BCUT2D eigenvalue weighted by atomic mass is 16.5. The van der Waals surface area contributed by atoms with E-state index >= 15 is 0 Å². The second kappa shape index (κ2) is 7.96. The van der Waals surface area contributed by atoms with Crippen molar-refractivity contribution in [2.45, 2.75) is 78.1 Å². The van der Waals surface area contributed by atoms with Crippen LogP contribution in [0.25, 0.3) is 0 Å². The first-order valence-electron chi connectivity index (χ1n) is 12.9. The number of hydrogen-bond acceptors (Lipinski definition) is 2. The zero-order valence-electron chi connectivity index (χ0n) is 21.0. The lowest BCUT2D eigenvalue weighted by Crippen LogP contribution is -2.23. The molecule has 1 aromatic rings. The van der Waals surface area contributed by atoms with Crippen molar-refractivity contribution in [2.24, 2.45) is 35.5 Å². The van der Waals surface area contributed by atoms with Crippen molar-refractivity contribution in [3.8, 4) is 11.5 Å². The van der Waals surface area contributed by atoms with Gasteiger partial charge in [0.15, 0.2) is 0 Å². The van der Waals surface area contributed by atoms with Crippen molar-refractivity contribution in [1.29, 1.82) is 0 Å². The fourth-order valence-electron chi connectivity index (χ4n) is 6.54. The molecule has 4 aliphatic carbocycles. The van der Waals surface area contributed by atoms with Gasteiger partial charge in [0.1, 0.15) is 11.5 Å². The Morgan fingerprint density at radius 3 is 1.31 bits per heavy atom. The normalized spacial score (nSPS) is 32.8. The third-order valence-corrected chi connectivity index (χ3v) is 8.44. The van der Waals surface area contributed by atoms with Crippen LogP contribution in [-0.4, -0.2) is 13.2 Å². The van der Waals surface area contributed by atoms with E-state index in [1.807, 2.05) is 0 Å². The van der Waals surface area contributed by atoms with E-state index in [-0.39, 0.29) is 10.8 Å². The number of rotatable bonds is 6. The molecular formula is C30H42O2. The summed E-state index contributed by atoms with van der Waals surface area (Å²) in [5, 5.41) is 0. The number of ether oxygens (including phenoxy) is 2. The minimum atomic E-state index is 0.00755. The van der Waals surface area contributed by atoms with E-state index in [0.29, 0.717) is 11.8 Å². The predicted molar refractivity (Wildman–Crippen MR) is 133 cm³/mol. The minimum absolute atomic E-state index is 0.00755. The van der Waals surface area contributed by atoms with E-state index in [0.717, 1.165) is 48.4 Å². The number of benzene rings is 1. The first-order valence-corrected chi connectivity index (χ1v) is 12.9. The third kappa shape index (κ3) is 4.27. The molecule has 2 saturated carbocycles. The molecule has 1 aromatic carbocycles. The van der Waals surface area contributed by atoms with E-state index in [9.17, 15) is 0 Å². The summed E-state index contributed by atoms with van der Waals surface area (Å²) in [5.41, 5.74) is 2.56. The maximum absolute atomic E-state index is 6.61. The summed E-state index contributed by atoms with van der Waals surface area (Å²) < 4.78 is 13.2. The second-order valence-corrected chi connectivity index (χ2v) is 13.0. The van der Waals surface area contributed by atoms with Gasteiger partial charge in [0.2, 0.25) is 0 Å². The number of allylic oxidation sites excluding steroid dienone is 4. The SMILES string of the molecule is CC(C)(C)c1cc(OCC2CC3C=CC2C3)c(C(C)(C)C)cc1OCC1CC2C=CC1C2. The zero-order chi connectivity index (χ0) is 22.7. The lowest BCUT2D eigenvalue weighted by atomic mass is 9.80. The van der Waals surface area contributed by atoms with E-state index in [1.54, 1.807) is 0 Å². The minimum Gasteiger partial charge on any atom is -0.493 e. The van der Waals surface area contributed by atoms with Gasteiger partial charge in [0.25, 0.3) is 0 Å². The highest BCUT2D eigenvalue weighted by Crippen LogP contribution is 2.47. The summed E-state index contributed by atoms with van der Waals surface area (Å²) in [4.78, 5) is 0. The third-order valence-electron chi connectivity index (χ3n) is 8.44. The fourth-order valence-corrected chi connectivity index (χ4v) is 6.54. The average Bonchev–Trinajstić information content (AvgIpc) is 3.50. The molecule has 2 heteroatoms. The molecule has 32 heavy (non-hydrogen) atoms. The van der Waals surface area contributed by atoms with Crippen LogP contribution in [0.2, 0.25) is 0 Å². The van der Waals surface area contributed by atoms with Crippen molar-refractivity contribution in [3.05, 3.63) is 47.6 Å². The van der Waals surface area contributed by atoms with Crippen molar-refractivity contribution in [2.75, 3.05) is 13.2 Å². The zero-order valence-corrected chi connectivity index (χ0v) is 21.0. The van der Waals surface area contributed by atoms with Crippen LogP contribution in [0.3, 0.4) is 0 Å². The number of hydrogen-bond donors (Lipinski definition) is 0. The predicted octanol–water partition coefficient (Wildman–Crippen LogP) is 7.46. The molecule has 0 spiro atoms. The smallest absolute Gasteiger partial charge is 0.123 e. The first-order chi connectivity index (χ1) is 15.1. The number of fused-ring (bicyclic) bond motifs is 4. The summed E-state index contributed by atoms with van der Waals surface area (Å²) in [6, 6.07) is 4.61. The van der Waals surface area contributed by atoms with Crippen LogP contribution in [-0.2, 0) is 10.8 Å². The molecule has 2 nitrogen and oxygen atoms in total. The Morgan fingerprint density at radius 1 is 0.625 bits per heavy atom. The maximum Gasteiger partial charge on any atom is 0.123 e. The largest absolute Gasteiger partial charge is 0.493 e. The lowest BCUT2D eigenvalue weighted by Gasteiger charge is -2.30. The van der Waals surface area contributed by atoms with Crippen molar-refractivity contribution in [1.82, 2.24) is 0 Å². The molecule has 174 valence electrons. The first kappa shape index (κ1) is 22.1. The van der Waals surface area contributed by atoms with E-state index in [2.05, 4.69) is 78.0 Å². The molecule has 0 aliphatic heterocycles. The van der Waals surface area contributed by atoms with Gasteiger partial charge in [-0.3, -0.25) is 0 Å². The Morgan fingerprint density at radius 2 is 1.03 bits per heavy atom. The van der Waals surface area contributed by atoms with Crippen molar-refractivity contribution in [3.63, 3.8) is 0 Å². The van der Waals surface area contributed by atoms with Crippen LogP contribution < -0.4 is 9.47 Å². The van der Waals surface area contributed by atoms with E-state index in [4.69, 9.17) is 9.47 Å². The highest BCUT2D eigenvalue weighted by Gasteiger charge is 2.38. The second-order valence-electron chi connectivity index (χ2n) is 13.0. The molecule has 0 heterocycles. The molecule has 4 bridgehead atoms. The summed E-state index contributed by atoms with van der Waals surface area (Å²) in [7, 11) is 0. The molecule has 6 unspecified atom stereocenters. The van der Waals surface area contributed by atoms with Gasteiger partial charge in [-0.05, 0) is 84.2 Å². The molecule has 0 aromatic heterocycles. The molecule has 0 amide bonds. The Hall–Kier alpha value is -1.70. The van der Waals surface area contributed by atoms with Gasteiger partial charge >= 0.3 is 0 Å². The Balaban J connectivity index is 1.39. The van der Waals surface area contributed by atoms with E-state index in [1.165, 1.54) is 36.8 Å². The molecule has 4 aliphatic rings. The van der Waals surface area contributed by atoms with Crippen LogP contribution in [0.4, 0.5) is 0 Å². The summed E-state index contributed by atoms with van der Waals surface area (Å²) in [6.45, 7) is 15.4. The standard InChI is InChI=1S/C30H42O2/c1-29(2,3)25-15-28(32-18-24-14-20-8-10-22(24)12-20)26(30(4,5)6)16-27(25)31-17-23-13-19-7-9-21(23)11-19/h7-10,15-16,19-24H,11-14,17-18H2,1-6H3. The van der Waals surface area contributed by atoms with Crippen LogP contribution in [0.1, 0.15) is 78.4 Å². The molecule has 5 rings (SSSR count). The van der Waals surface area contributed by atoms with E-state index < -0.39 is 0 Å². The van der Waals surface area contributed by atoms with Gasteiger partial charge in [-0.1, -0.05) is 65.8 Å². The Bertz CT molecular complexity index is 834. The van der Waals surface area contributed by atoms with Gasteiger partial charge in [0, 0.05) is 11.1 Å². The maximum atomic E-state index is 6.61. The molecule has 0 radical (unpaired) electrons. The topological polar surface area (TPSA) is 18.5 Å². The van der Waals surface area contributed by atoms with Crippen LogP contribution >= 0.6 is 0 Å². The lowest BCUT2D eigenvalue weighted by molar-refractivity contribution is 0.215. The summed E-state index contributed by atoms with van der Waals surface area (Å²) >= 11 is 0. The Kier molecular flexibility index (Phi) is 5.50. The molecular weight excluding hydrogens is 392 g/mol. The highest BCUT2D eigenvalue weighted by molar-refractivity contribution is 5.51. The van der Waals surface area contributed by atoms with Crippen LogP contribution in [0.15, 0.2) is 36.4 Å². The molecule has 0 N–H and O–H groups in total. The monoisotopic (exact) mass is 434 g/mol. The molecule has 2 fully saturated rings. The average molecular weight is 435 g/mol. The molecule has 0 saturated heterocycles. The van der Waals surface area contributed by atoms with Crippen molar-refractivity contribution >= 4 is 0 Å². The van der Waals surface area contributed by atoms with Gasteiger partial charge in [0.05, 0.1) is 13.2 Å². The Labute approximate surface area is 195 Å². The van der Waals surface area contributed by atoms with Crippen LogP contribution in [0.5, 0.6) is 11.5 Å². The van der Waals surface area contributed by atoms with Crippen LogP contribution in [0, 0.1) is 35.5 Å². The van der Waals surface area contributed by atoms with Gasteiger partial charge in [-0.15, -0.1) is 0 Å². The van der Waals surface area contributed by atoms with Gasteiger partial charge in [-0.2, -0.15) is 0 Å². The fraction of sp³-hybridized carbons (Fsp3) is 0.667. The summed E-state index contributed by atoms with van der Waals surface area (Å²) in [6.07, 6.45) is 14.9. The van der Waals surface area contributed by atoms with Gasteiger partial charge in [-0.25, -0.2) is 0 Å². The van der Waals surface area contributed by atoms with Crippen molar-refractivity contribution < 1.29 is 9.47 Å². The quantitative estimate of drug-likeness (QED) is 0.432. The summed E-state index contributed by atoms with van der Waals surface area (Å²) in [5.74, 6) is 6.47.